The van der Waals surface area contributed by atoms with Crippen molar-refractivity contribution in [3.63, 3.8) is 0 Å². The molecule has 1 heterocycles. The normalized spacial score (nSPS) is 11.9. The zero-order valence-electron chi connectivity index (χ0n) is 14.9. The third-order valence-corrected chi connectivity index (χ3v) is 3.81. The van der Waals surface area contributed by atoms with Gasteiger partial charge in [0.25, 0.3) is 5.91 Å². The van der Waals surface area contributed by atoms with Crippen molar-refractivity contribution in [1.29, 1.82) is 0 Å². The van der Waals surface area contributed by atoms with Gasteiger partial charge in [-0.05, 0) is 25.0 Å². The van der Waals surface area contributed by atoms with Gasteiger partial charge in [0.15, 0.2) is 5.69 Å². The van der Waals surface area contributed by atoms with Crippen LogP contribution in [-0.4, -0.2) is 34.8 Å². The van der Waals surface area contributed by atoms with Crippen molar-refractivity contribution in [2.45, 2.75) is 26.8 Å². The predicted molar refractivity (Wildman–Crippen MR) is 92.6 cm³/mol. The van der Waals surface area contributed by atoms with Crippen LogP contribution >= 0.6 is 0 Å². The van der Waals surface area contributed by atoms with Gasteiger partial charge < -0.3 is 10.1 Å². The third-order valence-electron chi connectivity index (χ3n) is 3.81. The second kappa shape index (κ2) is 7.90. The van der Waals surface area contributed by atoms with Gasteiger partial charge in [0.2, 0.25) is 5.43 Å². The molecule has 7 nitrogen and oxygen atoms in total. The molecule has 0 unspecified atom stereocenters. The summed E-state index contributed by atoms with van der Waals surface area (Å²) in [4.78, 5) is 36.5. The fourth-order valence-corrected chi connectivity index (χ4v) is 2.41. The molecule has 0 radical (unpaired) electrons. The number of amides is 1. The number of esters is 1. The Morgan fingerprint density at radius 3 is 2.50 bits per heavy atom. The molecule has 8 heteroatoms. The Bertz CT molecular complexity index is 892. The van der Waals surface area contributed by atoms with E-state index in [1.165, 1.54) is 36.1 Å². The second-order valence-electron chi connectivity index (χ2n) is 6.08. The third kappa shape index (κ3) is 3.96. The Labute approximate surface area is 149 Å². The predicted octanol–water partition coefficient (Wildman–Crippen LogP) is 1.61. The highest BCUT2D eigenvalue weighted by Gasteiger charge is 2.27. The molecule has 0 saturated heterocycles. The first-order valence-electron chi connectivity index (χ1n) is 8.00. The first kappa shape index (κ1) is 19.3. The number of methoxy groups -OCH3 is 1. The maximum Gasteiger partial charge on any atom is 0.328 e. The molecular weight excluding hydrogens is 341 g/mol. The van der Waals surface area contributed by atoms with Gasteiger partial charge in [-0.2, -0.15) is 5.10 Å². The molecular formula is C18H20FN3O4. The van der Waals surface area contributed by atoms with Crippen LogP contribution in [0.4, 0.5) is 4.39 Å². The van der Waals surface area contributed by atoms with E-state index in [1.54, 1.807) is 26.8 Å². The number of benzene rings is 1. The number of hydrogen-bond donors (Lipinski definition) is 1. The summed E-state index contributed by atoms with van der Waals surface area (Å²) in [5, 5.41) is 6.45. The number of nitrogens with zero attached hydrogens (tertiary/aromatic N) is 2. The Morgan fingerprint density at radius 1 is 1.27 bits per heavy atom. The number of halogens is 1. The van der Waals surface area contributed by atoms with Crippen molar-refractivity contribution < 1.29 is 18.7 Å². The van der Waals surface area contributed by atoms with E-state index in [2.05, 4.69) is 15.2 Å². The monoisotopic (exact) mass is 361 g/mol. The summed E-state index contributed by atoms with van der Waals surface area (Å²) in [6.45, 7) is 5.03. The van der Waals surface area contributed by atoms with Crippen LogP contribution in [-0.2, 0) is 9.53 Å². The van der Waals surface area contributed by atoms with Crippen molar-refractivity contribution in [2.75, 3.05) is 7.11 Å². The lowest BCUT2D eigenvalue weighted by atomic mass is 10.0. The summed E-state index contributed by atoms with van der Waals surface area (Å²) in [5.74, 6) is -2.27. The van der Waals surface area contributed by atoms with Crippen LogP contribution in [0.2, 0.25) is 0 Å². The first-order valence-corrected chi connectivity index (χ1v) is 8.00. The second-order valence-corrected chi connectivity index (χ2v) is 6.08. The number of aryl methyl sites for hydroxylation is 1. The zero-order valence-corrected chi connectivity index (χ0v) is 14.9. The summed E-state index contributed by atoms with van der Waals surface area (Å²) in [7, 11) is 1.21. The average Bonchev–Trinajstić information content (AvgIpc) is 2.59. The van der Waals surface area contributed by atoms with Crippen LogP contribution in [0.5, 0.6) is 0 Å². The standard InChI is InChI=1S/C18H20FN3O4/c1-10(2)15(18(25)26-4)20-17(24)16-14(23)9-11(3)22(21-16)13-8-6-5-7-12(13)19/h5-10,15H,1-4H3,(H,20,24)/t15-/m0/s1. The number of ether oxygens (including phenoxy) is 1. The number of aromatic nitrogens is 2. The molecule has 0 aliphatic heterocycles. The van der Waals surface area contributed by atoms with E-state index >= 15 is 0 Å². The van der Waals surface area contributed by atoms with Gasteiger partial charge >= 0.3 is 5.97 Å². The molecule has 26 heavy (non-hydrogen) atoms. The van der Waals surface area contributed by atoms with Crippen LogP contribution in [0.15, 0.2) is 35.1 Å². The zero-order chi connectivity index (χ0) is 19.4. The molecule has 2 aromatic rings. The number of carbonyl (C=O) groups is 2. The lowest BCUT2D eigenvalue weighted by Crippen LogP contribution is -2.46. The van der Waals surface area contributed by atoms with E-state index in [1.807, 2.05) is 0 Å². The Kier molecular flexibility index (Phi) is 5.86. The molecule has 2 rings (SSSR count). The highest BCUT2D eigenvalue weighted by molar-refractivity contribution is 5.95. The number of hydrogen-bond acceptors (Lipinski definition) is 5. The largest absolute Gasteiger partial charge is 0.467 e. The summed E-state index contributed by atoms with van der Waals surface area (Å²) >= 11 is 0. The van der Waals surface area contributed by atoms with Crippen molar-refractivity contribution >= 4 is 11.9 Å². The van der Waals surface area contributed by atoms with Gasteiger partial charge in [-0.25, -0.2) is 13.9 Å². The SMILES string of the molecule is COC(=O)[C@@H](NC(=O)c1nn(-c2ccccc2F)c(C)cc1=O)C(C)C. The molecule has 138 valence electrons. The van der Waals surface area contributed by atoms with Crippen molar-refractivity contribution in [2.24, 2.45) is 5.92 Å². The summed E-state index contributed by atoms with van der Waals surface area (Å²) in [6, 6.07) is 6.12. The van der Waals surface area contributed by atoms with E-state index in [0.29, 0.717) is 5.69 Å². The number of carbonyl (C=O) groups excluding carboxylic acids is 2. The highest BCUT2D eigenvalue weighted by Crippen LogP contribution is 2.13. The summed E-state index contributed by atoms with van der Waals surface area (Å²) in [6.07, 6.45) is 0. The topological polar surface area (TPSA) is 90.3 Å². The van der Waals surface area contributed by atoms with E-state index in [-0.39, 0.29) is 11.6 Å². The van der Waals surface area contributed by atoms with Gasteiger partial charge in [-0.15, -0.1) is 0 Å². The molecule has 1 amide bonds. The van der Waals surface area contributed by atoms with Crippen LogP contribution < -0.4 is 10.7 Å². The molecule has 1 atom stereocenters. The molecule has 0 fully saturated rings. The van der Waals surface area contributed by atoms with E-state index < -0.39 is 34.9 Å². The molecule has 1 aromatic carbocycles. The van der Waals surface area contributed by atoms with Crippen molar-refractivity contribution in [3.8, 4) is 5.69 Å². The fourth-order valence-electron chi connectivity index (χ4n) is 2.41. The maximum absolute atomic E-state index is 14.1. The van der Waals surface area contributed by atoms with Gasteiger partial charge in [-0.1, -0.05) is 26.0 Å². The Hall–Kier alpha value is -3.03. The van der Waals surface area contributed by atoms with Crippen LogP contribution in [0.3, 0.4) is 0 Å². The molecule has 0 saturated carbocycles. The van der Waals surface area contributed by atoms with Crippen molar-refractivity contribution in [3.05, 3.63) is 57.8 Å². The Balaban J connectivity index is 2.45. The van der Waals surface area contributed by atoms with Gasteiger partial charge in [0.1, 0.15) is 17.5 Å². The van der Waals surface area contributed by atoms with Gasteiger partial charge in [-0.3, -0.25) is 9.59 Å². The Morgan fingerprint density at radius 2 is 1.92 bits per heavy atom. The lowest BCUT2D eigenvalue weighted by molar-refractivity contribution is -0.144. The molecule has 0 aliphatic rings. The van der Waals surface area contributed by atoms with E-state index in [9.17, 15) is 18.8 Å². The molecule has 0 bridgehead atoms. The molecule has 1 N–H and O–H groups in total. The fraction of sp³-hybridized carbons (Fsp3) is 0.333. The summed E-state index contributed by atoms with van der Waals surface area (Å²) in [5.41, 5.74) is -0.592. The minimum Gasteiger partial charge on any atom is -0.467 e. The summed E-state index contributed by atoms with van der Waals surface area (Å²) < 4.78 is 19.9. The van der Waals surface area contributed by atoms with Crippen LogP contribution in [0, 0.1) is 18.7 Å². The molecule has 0 aliphatic carbocycles. The molecule has 1 aromatic heterocycles. The van der Waals surface area contributed by atoms with E-state index in [4.69, 9.17) is 0 Å². The van der Waals surface area contributed by atoms with Crippen LogP contribution in [0.1, 0.15) is 30.0 Å². The smallest absolute Gasteiger partial charge is 0.328 e. The minimum absolute atomic E-state index is 0.104. The van der Waals surface area contributed by atoms with Gasteiger partial charge in [0.05, 0.1) is 7.11 Å². The minimum atomic E-state index is -0.933. The number of nitrogens with one attached hydrogen (secondary N) is 1. The van der Waals surface area contributed by atoms with Gasteiger partial charge in [0, 0.05) is 11.8 Å². The first-order chi connectivity index (χ1) is 12.3. The average molecular weight is 361 g/mol. The highest BCUT2D eigenvalue weighted by atomic mass is 19.1. The number of rotatable bonds is 5. The van der Waals surface area contributed by atoms with Crippen LogP contribution in [0.25, 0.3) is 5.69 Å². The molecule has 0 spiro atoms. The maximum atomic E-state index is 14.1. The number of para-hydroxylation sites is 1. The van der Waals surface area contributed by atoms with E-state index in [0.717, 1.165) is 0 Å². The quantitative estimate of drug-likeness (QED) is 0.817. The van der Waals surface area contributed by atoms with Crippen molar-refractivity contribution in [1.82, 2.24) is 15.1 Å². The lowest BCUT2D eigenvalue weighted by Gasteiger charge is -2.19.